The van der Waals surface area contributed by atoms with E-state index in [-0.39, 0.29) is 5.69 Å². The Bertz CT molecular complexity index is 1250. The summed E-state index contributed by atoms with van der Waals surface area (Å²) in [6.07, 6.45) is 0.125. The zero-order valence-electron chi connectivity index (χ0n) is 19.4. The lowest BCUT2D eigenvalue weighted by Crippen LogP contribution is -2.09. The minimum absolute atomic E-state index is 0.0848. The first-order valence-electron chi connectivity index (χ1n) is 10.7. The van der Waals surface area contributed by atoms with E-state index >= 15 is 0 Å². The van der Waals surface area contributed by atoms with E-state index in [0.29, 0.717) is 16.1 Å². The molecule has 3 heterocycles. The highest BCUT2D eigenvalue weighted by molar-refractivity contribution is 7.26. The van der Waals surface area contributed by atoms with E-state index in [1.165, 1.54) is 11.3 Å². The van der Waals surface area contributed by atoms with Gasteiger partial charge in [0.2, 0.25) is 0 Å². The van der Waals surface area contributed by atoms with Gasteiger partial charge >= 0.3 is 0 Å². The lowest BCUT2D eigenvalue weighted by Gasteiger charge is -2.18. The van der Waals surface area contributed by atoms with Gasteiger partial charge in [0.05, 0.1) is 5.69 Å². The molecular weight excluding hydrogens is 324 g/mol. The predicted molar refractivity (Wildman–Crippen MR) is 108 cm³/mol. The summed E-state index contributed by atoms with van der Waals surface area (Å²) in [5.74, 6) is 0. The summed E-state index contributed by atoms with van der Waals surface area (Å²) in [5, 5.41) is 1.90. The standard InChI is InChI=1S/C22H22N2S/c1-14-8-9-17-16-6-5-7-18(20(16)25-21(17)24-14)19-12-15(10-11-23-19)13-22(2,3)4/h5-12H,13H2,1-4H3/i1D3,13D2. The number of pyridine rings is 2. The first-order valence-corrected chi connectivity index (χ1v) is 9.01. The Morgan fingerprint density at radius 2 is 2.00 bits per heavy atom. The van der Waals surface area contributed by atoms with Crippen molar-refractivity contribution in [3.8, 4) is 11.3 Å². The molecule has 4 rings (SSSR count). The topological polar surface area (TPSA) is 25.8 Å². The van der Waals surface area contributed by atoms with Crippen molar-refractivity contribution in [2.45, 2.75) is 34.0 Å². The quantitative estimate of drug-likeness (QED) is 0.417. The third kappa shape index (κ3) is 3.16. The number of nitrogens with zero attached hydrogens (tertiary/aromatic N) is 2. The maximum atomic E-state index is 8.59. The summed E-state index contributed by atoms with van der Waals surface area (Å²) in [5.41, 5.74) is 1.68. The second kappa shape index (κ2) is 5.92. The summed E-state index contributed by atoms with van der Waals surface area (Å²) in [6.45, 7) is 3.40. The van der Waals surface area contributed by atoms with Gasteiger partial charge in [0.25, 0.3) is 0 Å². The fourth-order valence-electron chi connectivity index (χ4n) is 2.97. The average molecular weight is 352 g/mol. The molecule has 2 nitrogen and oxygen atoms in total. The van der Waals surface area contributed by atoms with Gasteiger partial charge in [-0.2, -0.15) is 0 Å². The molecule has 0 radical (unpaired) electrons. The molecule has 0 N–H and O–H groups in total. The van der Waals surface area contributed by atoms with Crippen LogP contribution in [-0.2, 0) is 6.37 Å². The molecule has 0 aliphatic carbocycles. The second-order valence-corrected chi connectivity index (χ2v) is 8.14. The Morgan fingerprint density at radius 3 is 2.80 bits per heavy atom. The van der Waals surface area contributed by atoms with Crippen molar-refractivity contribution >= 4 is 31.6 Å². The van der Waals surface area contributed by atoms with Crippen LogP contribution in [0, 0.1) is 12.3 Å². The van der Waals surface area contributed by atoms with Crippen molar-refractivity contribution < 1.29 is 6.85 Å². The number of fused-ring (bicyclic) bond motifs is 3. The van der Waals surface area contributed by atoms with Gasteiger partial charge in [-0.1, -0.05) is 39.0 Å². The Balaban J connectivity index is 1.91. The van der Waals surface area contributed by atoms with E-state index in [9.17, 15) is 0 Å². The van der Waals surface area contributed by atoms with Crippen LogP contribution in [0.4, 0.5) is 0 Å². The minimum atomic E-state index is -2.25. The van der Waals surface area contributed by atoms with Crippen molar-refractivity contribution in [3.05, 3.63) is 59.9 Å². The van der Waals surface area contributed by atoms with Crippen LogP contribution >= 0.6 is 11.3 Å². The second-order valence-electron chi connectivity index (χ2n) is 7.14. The van der Waals surface area contributed by atoms with Gasteiger partial charge in [-0.25, -0.2) is 4.98 Å². The van der Waals surface area contributed by atoms with Crippen LogP contribution in [0.2, 0.25) is 0 Å². The van der Waals surface area contributed by atoms with Crippen molar-refractivity contribution in [1.82, 2.24) is 9.97 Å². The van der Waals surface area contributed by atoms with Crippen LogP contribution in [0.5, 0.6) is 0 Å². The smallest absolute Gasteiger partial charge is 0.124 e. The lowest BCUT2D eigenvalue weighted by molar-refractivity contribution is 0.411. The molecule has 0 atom stereocenters. The zero-order chi connectivity index (χ0) is 21.9. The molecule has 25 heavy (non-hydrogen) atoms. The van der Waals surface area contributed by atoms with Gasteiger partial charge in [-0.3, -0.25) is 4.98 Å². The average Bonchev–Trinajstić information content (AvgIpc) is 3.04. The van der Waals surface area contributed by atoms with Crippen LogP contribution in [0.3, 0.4) is 0 Å². The minimum Gasteiger partial charge on any atom is -0.256 e. The molecule has 126 valence electrons. The molecule has 0 saturated heterocycles. The molecule has 0 fully saturated rings. The number of aromatic nitrogens is 2. The van der Waals surface area contributed by atoms with E-state index in [0.717, 1.165) is 21.0 Å². The lowest BCUT2D eigenvalue weighted by atomic mass is 9.88. The van der Waals surface area contributed by atoms with Gasteiger partial charge in [-0.05, 0) is 48.5 Å². The molecule has 4 aromatic rings. The molecule has 0 amide bonds. The number of benzene rings is 1. The fraction of sp³-hybridized carbons (Fsp3) is 0.273. The summed E-state index contributed by atoms with van der Waals surface area (Å²) in [4.78, 5) is 9.57. The Kier molecular flexibility index (Phi) is 2.69. The van der Waals surface area contributed by atoms with Crippen LogP contribution in [0.25, 0.3) is 31.6 Å². The van der Waals surface area contributed by atoms with Crippen LogP contribution < -0.4 is 0 Å². The van der Waals surface area contributed by atoms with E-state index in [1.54, 1.807) is 18.3 Å². The Morgan fingerprint density at radius 1 is 1.12 bits per heavy atom. The molecule has 0 aliphatic rings. The van der Waals surface area contributed by atoms with Crippen molar-refractivity contribution in [1.29, 1.82) is 0 Å². The fourth-order valence-corrected chi connectivity index (χ4v) is 4.17. The first kappa shape index (κ1) is 11.4. The molecule has 0 spiro atoms. The van der Waals surface area contributed by atoms with Crippen LogP contribution in [0.1, 0.15) is 38.9 Å². The highest BCUT2D eigenvalue weighted by Gasteiger charge is 2.15. The summed E-state index contributed by atoms with van der Waals surface area (Å²) < 4.78 is 41.0. The van der Waals surface area contributed by atoms with E-state index < -0.39 is 18.6 Å². The maximum Gasteiger partial charge on any atom is 0.124 e. The number of hydrogen-bond donors (Lipinski definition) is 0. The molecule has 0 bridgehead atoms. The zero-order valence-corrected chi connectivity index (χ0v) is 15.2. The number of hydrogen-bond acceptors (Lipinski definition) is 3. The third-order valence-electron chi connectivity index (χ3n) is 3.92. The van der Waals surface area contributed by atoms with E-state index in [1.807, 2.05) is 51.1 Å². The summed E-state index contributed by atoms with van der Waals surface area (Å²) in [7, 11) is 0. The molecule has 0 aliphatic heterocycles. The SMILES string of the molecule is [2H]C([2H])([2H])c1ccc2c(n1)sc1c(-c3cc(C([2H])([2H])C(C)(C)C)ccn3)cccc12. The molecule has 0 saturated carbocycles. The monoisotopic (exact) mass is 351 g/mol. The van der Waals surface area contributed by atoms with Crippen LogP contribution in [-0.4, -0.2) is 9.97 Å². The van der Waals surface area contributed by atoms with Gasteiger partial charge in [0.1, 0.15) is 4.83 Å². The van der Waals surface area contributed by atoms with Crippen molar-refractivity contribution in [3.63, 3.8) is 0 Å². The molecule has 1 aromatic carbocycles. The Hall–Kier alpha value is -2.26. The third-order valence-corrected chi connectivity index (χ3v) is 5.07. The maximum absolute atomic E-state index is 8.59. The molecule has 3 heteroatoms. The highest BCUT2D eigenvalue weighted by Crippen LogP contribution is 2.38. The largest absolute Gasteiger partial charge is 0.256 e. The normalized spacial score (nSPS) is 16.2. The van der Waals surface area contributed by atoms with Gasteiger partial charge in [0.15, 0.2) is 0 Å². The van der Waals surface area contributed by atoms with Crippen molar-refractivity contribution in [2.24, 2.45) is 5.41 Å². The molecule has 0 unspecified atom stereocenters. The summed E-state index contributed by atoms with van der Waals surface area (Å²) in [6, 6.07) is 12.8. The van der Waals surface area contributed by atoms with E-state index in [4.69, 9.17) is 6.85 Å². The number of rotatable bonds is 2. The van der Waals surface area contributed by atoms with Gasteiger partial charge in [0, 0.05) is 39.8 Å². The summed E-state index contributed by atoms with van der Waals surface area (Å²) >= 11 is 1.44. The van der Waals surface area contributed by atoms with E-state index in [2.05, 4.69) is 9.97 Å². The molecular formula is C22H22N2S. The Labute approximate surface area is 159 Å². The number of aryl methyl sites for hydroxylation is 1. The molecule has 3 aromatic heterocycles. The van der Waals surface area contributed by atoms with Gasteiger partial charge < -0.3 is 0 Å². The van der Waals surface area contributed by atoms with Crippen LogP contribution in [0.15, 0.2) is 48.7 Å². The van der Waals surface area contributed by atoms with Crippen molar-refractivity contribution in [2.75, 3.05) is 0 Å². The van der Waals surface area contributed by atoms with Gasteiger partial charge in [-0.15, -0.1) is 11.3 Å². The predicted octanol–water partition coefficient (Wildman–Crippen LogP) is 6.41. The highest BCUT2D eigenvalue weighted by atomic mass is 32.1. The number of thiophene rings is 1. The first-order chi connectivity index (χ1) is 13.9.